The highest BCUT2D eigenvalue weighted by molar-refractivity contribution is 6.31. The average molecular weight is 316 g/mol. The van der Waals surface area contributed by atoms with Crippen LogP contribution < -0.4 is 10.7 Å². The molecule has 0 fully saturated rings. The molecule has 0 radical (unpaired) electrons. The lowest BCUT2D eigenvalue weighted by Gasteiger charge is -2.11. The zero-order chi connectivity index (χ0) is 15.9. The molecule has 5 heteroatoms. The summed E-state index contributed by atoms with van der Waals surface area (Å²) in [5.74, 6) is -0.236. The summed E-state index contributed by atoms with van der Waals surface area (Å²) in [4.78, 5) is 12.1. The molecular formula is C17H18ClN3O. The second-order valence-electron chi connectivity index (χ2n) is 4.66. The van der Waals surface area contributed by atoms with Crippen molar-refractivity contribution in [3.05, 3.63) is 64.7 Å². The van der Waals surface area contributed by atoms with Crippen molar-refractivity contribution in [2.24, 2.45) is 5.10 Å². The van der Waals surface area contributed by atoms with E-state index in [0.29, 0.717) is 17.0 Å². The van der Waals surface area contributed by atoms with Crippen LogP contribution in [0.3, 0.4) is 0 Å². The lowest BCUT2D eigenvalue weighted by molar-refractivity contribution is 0.0955. The van der Waals surface area contributed by atoms with E-state index >= 15 is 0 Å². The van der Waals surface area contributed by atoms with Crippen LogP contribution in [0.5, 0.6) is 0 Å². The smallest absolute Gasteiger partial charge is 0.271 e. The minimum Gasteiger partial charge on any atom is -0.388 e. The number of nitrogens with zero attached hydrogens (tertiary/aromatic N) is 1. The van der Waals surface area contributed by atoms with Gasteiger partial charge >= 0.3 is 0 Å². The fraction of sp³-hybridized carbons (Fsp3) is 0.176. The van der Waals surface area contributed by atoms with Gasteiger partial charge in [0.25, 0.3) is 5.91 Å². The van der Waals surface area contributed by atoms with Gasteiger partial charge in [0, 0.05) is 28.9 Å². The molecule has 22 heavy (non-hydrogen) atoms. The topological polar surface area (TPSA) is 53.5 Å². The summed E-state index contributed by atoms with van der Waals surface area (Å²) >= 11 is 6.06. The third kappa shape index (κ3) is 3.86. The maximum Gasteiger partial charge on any atom is 0.271 e. The molecule has 4 nitrogen and oxygen atoms in total. The van der Waals surface area contributed by atoms with E-state index in [1.807, 2.05) is 50.4 Å². The lowest BCUT2D eigenvalue weighted by atomic mass is 10.1. The molecule has 0 bridgehead atoms. The predicted molar refractivity (Wildman–Crippen MR) is 91.7 cm³/mol. The van der Waals surface area contributed by atoms with Gasteiger partial charge < -0.3 is 5.32 Å². The Morgan fingerprint density at radius 3 is 2.55 bits per heavy atom. The molecule has 0 aromatic heterocycles. The molecule has 0 heterocycles. The van der Waals surface area contributed by atoms with Crippen molar-refractivity contribution in [1.29, 1.82) is 0 Å². The van der Waals surface area contributed by atoms with E-state index in [9.17, 15) is 4.79 Å². The Hall–Kier alpha value is -2.33. The minimum absolute atomic E-state index is 0.236. The molecule has 2 rings (SSSR count). The van der Waals surface area contributed by atoms with Crippen molar-refractivity contribution >= 4 is 28.9 Å². The van der Waals surface area contributed by atoms with E-state index in [-0.39, 0.29) is 5.91 Å². The zero-order valence-corrected chi connectivity index (χ0v) is 13.3. The van der Waals surface area contributed by atoms with Gasteiger partial charge in [-0.25, -0.2) is 5.43 Å². The van der Waals surface area contributed by atoms with Gasteiger partial charge in [-0.1, -0.05) is 36.7 Å². The first kappa shape index (κ1) is 16.0. The second kappa shape index (κ2) is 7.61. The van der Waals surface area contributed by atoms with Crippen molar-refractivity contribution in [1.82, 2.24) is 5.43 Å². The lowest BCUT2D eigenvalue weighted by Crippen LogP contribution is -2.20. The van der Waals surface area contributed by atoms with Crippen molar-refractivity contribution in [2.75, 3.05) is 12.4 Å². The van der Waals surface area contributed by atoms with Crippen LogP contribution in [-0.2, 0) is 0 Å². The summed E-state index contributed by atoms with van der Waals surface area (Å²) in [6, 6.07) is 14.5. The summed E-state index contributed by atoms with van der Waals surface area (Å²) in [7, 11) is 1.84. The van der Waals surface area contributed by atoms with E-state index in [2.05, 4.69) is 15.8 Å². The van der Waals surface area contributed by atoms with Gasteiger partial charge in [-0.15, -0.1) is 0 Å². The van der Waals surface area contributed by atoms with Crippen molar-refractivity contribution in [3.8, 4) is 0 Å². The van der Waals surface area contributed by atoms with Gasteiger partial charge in [0.15, 0.2) is 0 Å². The number of nitrogens with one attached hydrogen (secondary N) is 2. The number of hydrogen-bond acceptors (Lipinski definition) is 3. The van der Waals surface area contributed by atoms with E-state index < -0.39 is 0 Å². The van der Waals surface area contributed by atoms with E-state index in [1.54, 1.807) is 12.1 Å². The van der Waals surface area contributed by atoms with Gasteiger partial charge in [0.1, 0.15) is 0 Å². The van der Waals surface area contributed by atoms with Gasteiger partial charge in [-0.2, -0.15) is 5.10 Å². The number of benzene rings is 2. The van der Waals surface area contributed by atoms with Gasteiger partial charge in [-0.05, 0) is 36.8 Å². The number of amides is 1. The quantitative estimate of drug-likeness (QED) is 0.649. The Bertz CT molecular complexity index is 684. The van der Waals surface area contributed by atoms with Crippen LogP contribution in [0.1, 0.15) is 29.3 Å². The number of rotatable bonds is 5. The molecule has 2 aromatic rings. The SMILES string of the molecule is CC/C(=N\NC(=O)c1ccccc1)c1cc(Cl)ccc1NC. The maximum absolute atomic E-state index is 12.1. The van der Waals surface area contributed by atoms with E-state index in [1.165, 1.54) is 0 Å². The zero-order valence-electron chi connectivity index (χ0n) is 12.6. The first-order valence-electron chi connectivity index (χ1n) is 7.05. The van der Waals surface area contributed by atoms with Crippen LogP contribution in [0.2, 0.25) is 5.02 Å². The summed E-state index contributed by atoms with van der Waals surface area (Å²) in [6.07, 6.45) is 0.671. The average Bonchev–Trinajstić information content (AvgIpc) is 2.56. The molecule has 0 aliphatic carbocycles. The highest BCUT2D eigenvalue weighted by Gasteiger charge is 2.10. The standard InChI is InChI=1S/C17H18ClN3O/c1-3-15(14-11-13(18)9-10-16(14)19-2)20-21-17(22)12-7-5-4-6-8-12/h4-11,19H,3H2,1-2H3,(H,21,22)/b20-15+. The minimum atomic E-state index is -0.236. The van der Waals surface area contributed by atoms with Crippen LogP contribution in [0, 0.1) is 0 Å². The van der Waals surface area contributed by atoms with Crippen molar-refractivity contribution < 1.29 is 4.79 Å². The first-order valence-corrected chi connectivity index (χ1v) is 7.43. The molecule has 0 aliphatic rings. The van der Waals surface area contributed by atoms with Crippen molar-refractivity contribution in [2.45, 2.75) is 13.3 Å². The van der Waals surface area contributed by atoms with Crippen LogP contribution in [-0.4, -0.2) is 18.7 Å². The molecule has 0 saturated carbocycles. The fourth-order valence-electron chi connectivity index (χ4n) is 2.08. The van der Waals surface area contributed by atoms with Crippen LogP contribution in [0.4, 0.5) is 5.69 Å². The molecular weight excluding hydrogens is 298 g/mol. The Kier molecular flexibility index (Phi) is 5.55. The molecule has 2 N–H and O–H groups in total. The molecule has 0 saturated heterocycles. The van der Waals surface area contributed by atoms with Crippen LogP contribution in [0.15, 0.2) is 53.6 Å². The molecule has 114 valence electrons. The molecule has 0 unspecified atom stereocenters. The van der Waals surface area contributed by atoms with E-state index in [4.69, 9.17) is 11.6 Å². The molecule has 2 aromatic carbocycles. The predicted octanol–water partition coefficient (Wildman–Crippen LogP) is 3.93. The van der Waals surface area contributed by atoms with Gasteiger partial charge in [0.2, 0.25) is 0 Å². The summed E-state index contributed by atoms with van der Waals surface area (Å²) < 4.78 is 0. The second-order valence-corrected chi connectivity index (χ2v) is 5.10. The summed E-state index contributed by atoms with van der Waals surface area (Å²) in [5, 5.41) is 7.99. The molecule has 1 amide bonds. The summed E-state index contributed by atoms with van der Waals surface area (Å²) in [5.41, 5.74) is 5.72. The Labute approximate surface area is 135 Å². The van der Waals surface area contributed by atoms with Crippen LogP contribution in [0.25, 0.3) is 0 Å². The fourth-order valence-corrected chi connectivity index (χ4v) is 2.25. The number of carbonyl (C=O) groups excluding carboxylic acids is 1. The Morgan fingerprint density at radius 2 is 1.91 bits per heavy atom. The first-order chi connectivity index (χ1) is 10.7. The Balaban J connectivity index is 2.25. The summed E-state index contributed by atoms with van der Waals surface area (Å²) in [6.45, 7) is 1.98. The molecule has 0 aliphatic heterocycles. The third-order valence-corrected chi connectivity index (χ3v) is 3.46. The normalized spacial score (nSPS) is 11.1. The van der Waals surface area contributed by atoms with E-state index in [0.717, 1.165) is 17.0 Å². The maximum atomic E-state index is 12.1. The van der Waals surface area contributed by atoms with Crippen molar-refractivity contribution in [3.63, 3.8) is 0 Å². The monoisotopic (exact) mass is 315 g/mol. The highest BCUT2D eigenvalue weighted by atomic mass is 35.5. The Morgan fingerprint density at radius 1 is 1.18 bits per heavy atom. The largest absolute Gasteiger partial charge is 0.388 e. The number of anilines is 1. The van der Waals surface area contributed by atoms with Gasteiger partial charge in [0.05, 0.1) is 5.71 Å². The molecule has 0 spiro atoms. The third-order valence-electron chi connectivity index (χ3n) is 3.23. The molecule has 0 atom stereocenters. The number of hydrogen-bond donors (Lipinski definition) is 2. The van der Waals surface area contributed by atoms with Gasteiger partial charge in [-0.3, -0.25) is 4.79 Å². The van der Waals surface area contributed by atoms with Crippen LogP contribution >= 0.6 is 11.6 Å². The highest BCUT2D eigenvalue weighted by Crippen LogP contribution is 2.22. The number of carbonyl (C=O) groups is 1. The number of hydrazone groups is 1. The number of halogens is 1.